The van der Waals surface area contributed by atoms with Gasteiger partial charge in [-0.1, -0.05) is 42.8 Å². The second-order valence-corrected chi connectivity index (χ2v) is 17.4. The van der Waals surface area contributed by atoms with Gasteiger partial charge in [0.15, 0.2) is 0 Å². The van der Waals surface area contributed by atoms with Gasteiger partial charge in [-0.3, -0.25) is 19.0 Å². The van der Waals surface area contributed by atoms with Gasteiger partial charge >= 0.3 is 0 Å². The minimum atomic E-state index is -3.62. The Morgan fingerprint density at radius 2 is 2.09 bits per heavy atom. The molecule has 4 aliphatic rings. The fourth-order valence-electron chi connectivity index (χ4n) is 8.45. The van der Waals surface area contributed by atoms with Gasteiger partial charge < -0.3 is 19.1 Å². The van der Waals surface area contributed by atoms with E-state index in [0.717, 1.165) is 49.4 Å². The average molecular weight is 762 g/mol. The third kappa shape index (κ3) is 7.77. The van der Waals surface area contributed by atoms with Crippen molar-refractivity contribution in [3.05, 3.63) is 94.7 Å². The molecule has 7 rings (SSSR count). The molecular formula is C40H48ClN5O6S. The largest absolute Gasteiger partial charge is 0.490 e. The molecule has 11 nitrogen and oxygen atoms in total. The fraction of sp³-hybridized carbons (Fsp3) is 0.475. The first-order valence-electron chi connectivity index (χ1n) is 18.4. The second kappa shape index (κ2) is 15.3. The van der Waals surface area contributed by atoms with Crippen LogP contribution >= 0.6 is 11.6 Å². The van der Waals surface area contributed by atoms with Crippen molar-refractivity contribution < 1.29 is 28.0 Å². The Balaban J connectivity index is 1.31. The maximum Gasteiger partial charge on any atom is 0.286 e. The number of carbonyl (C=O) groups excluding carboxylic acids is 2. The number of allylic oxidation sites excluding steroid dienone is 1. The number of nitrogens with zero attached hydrogens (tertiary/aromatic N) is 4. The molecule has 13 heteroatoms. The van der Waals surface area contributed by atoms with Crippen molar-refractivity contribution in [1.29, 1.82) is 0 Å². The molecule has 282 valence electrons. The molecule has 2 aliphatic heterocycles. The van der Waals surface area contributed by atoms with Crippen molar-refractivity contribution in [1.82, 2.24) is 14.5 Å². The fourth-order valence-corrected chi connectivity index (χ4v) is 10.5. The number of rotatable bonds is 6. The molecule has 1 fully saturated rings. The van der Waals surface area contributed by atoms with Gasteiger partial charge in [-0.2, -0.15) is 0 Å². The number of nitrogens with one attached hydrogen (secondary N) is 1. The summed E-state index contributed by atoms with van der Waals surface area (Å²) in [6.07, 6.45) is 12.9. The minimum absolute atomic E-state index is 0.0479. The standard InChI is InChI=1S/C40H48ClN5O6S/c1-5-18-51-35-10-6-8-26(2)23-53(49,44-38(48)32-22-45(3)42-39(32)50-4)43-37(47)28-12-16-36-34(20-28)46(21-29-11-14-31(29)35)24-40(25-52-36)17-7-9-27-19-30(41)13-15-33(27)40/h5-6,10,12-13,15-16,19-20,22,26,29,31,35H,1,7-9,11,14,17-18,21,23-25H2,2-4H3,(H,43,44,47,48,49)/b10-6-/t26-,29-,31+,35-,40-,53?/m0/s1. The topological polar surface area (TPSA) is 124 Å². The lowest BCUT2D eigenvalue weighted by atomic mass is 9.68. The highest BCUT2D eigenvalue weighted by atomic mass is 35.5. The van der Waals surface area contributed by atoms with Crippen LogP contribution in [0.4, 0.5) is 5.69 Å². The first-order chi connectivity index (χ1) is 25.5. The number of halogens is 1. The molecule has 0 saturated heterocycles. The van der Waals surface area contributed by atoms with E-state index in [-0.39, 0.29) is 46.1 Å². The Morgan fingerprint density at radius 1 is 1.25 bits per heavy atom. The van der Waals surface area contributed by atoms with E-state index in [4.69, 9.17) is 25.8 Å². The molecule has 2 aliphatic carbocycles. The zero-order chi connectivity index (χ0) is 37.3. The average Bonchev–Trinajstić information content (AvgIpc) is 3.43. The summed E-state index contributed by atoms with van der Waals surface area (Å²) < 4.78 is 41.3. The molecule has 1 spiro atoms. The molecular weight excluding hydrogens is 714 g/mol. The van der Waals surface area contributed by atoms with Crippen LogP contribution < -0.4 is 19.1 Å². The van der Waals surface area contributed by atoms with Crippen LogP contribution in [-0.4, -0.2) is 71.1 Å². The molecule has 1 saturated carbocycles. The van der Waals surface area contributed by atoms with Gasteiger partial charge in [0, 0.05) is 42.3 Å². The van der Waals surface area contributed by atoms with E-state index < -0.39 is 21.7 Å². The molecule has 1 aromatic heterocycles. The summed E-state index contributed by atoms with van der Waals surface area (Å²) in [6.45, 7) is 8.17. The number of ether oxygens (including phenoxy) is 3. The molecule has 3 heterocycles. The number of anilines is 1. The van der Waals surface area contributed by atoms with Crippen molar-refractivity contribution in [3.8, 4) is 11.6 Å². The van der Waals surface area contributed by atoms with Gasteiger partial charge in [-0.05, 0) is 97.7 Å². The number of fused-ring (bicyclic) bond motifs is 4. The van der Waals surface area contributed by atoms with Crippen LogP contribution in [0, 0.1) is 17.8 Å². The summed E-state index contributed by atoms with van der Waals surface area (Å²) >= 11 is 6.47. The van der Waals surface area contributed by atoms with Crippen LogP contribution in [0.25, 0.3) is 0 Å². The number of aryl methyl sites for hydroxylation is 2. The van der Waals surface area contributed by atoms with E-state index in [1.165, 1.54) is 29.1 Å². The molecule has 2 bridgehead atoms. The van der Waals surface area contributed by atoms with Crippen LogP contribution in [-0.2, 0) is 33.5 Å². The lowest BCUT2D eigenvalue weighted by Crippen LogP contribution is -2.49. The third-order valence-corrected chi connectivity index (χ3v) is 13.4. The van der Waals surface area contributed by atoms with E-state index in [0.29, 0.717) is 37.8 Å². The van der Waals surface area contributed by atoms with Gasteiger partial charge in [-0.15, -0.1) is 16.0 Å². The quantitative estimate of drug-likeness (QED) is 0.276. The lowest BCUT2D eigenvalue weighted by Gasteiger charge is -2.46. The normalized spacial score (nSPS) is 29.0. The number of hydrogen-bond acceptors (Lipinski definition) is 8. The number of carbonyl (C=O) groups is 2. The molecule has 3 aromatic rings. The van der Waals surface area contributed by atoms with Crippen LogP contribution in [0.15, 0.2) is 71.8 Å². The summed E-state index contributed by atoms with van der Waals surface area (Å²) in [5, 5.41) is 4.88. The highest BCUT2D eigenvalue weighted by Crippen LogP contribution is 2.47. The maximum absolute atomic E-state index is 14.6. The smallest absolute Gasteiger partial charge is 0.286 e. The first kappa shape index (κ1) is 37.2. The predicted molar refractivity (Wildman–Crippen MR) is 206 cm³/mol. The maximum atomic E-state index is 14.6. The number of benzene rings is 2. The Labute approximate surface area is 317 Å². The van der Waals surface area contributed by atoms with Crippen LogP contribution in [0.1, 0.15) is 70.9 Å². The summed E-state index contributed by atoms with van der Waals surface area (Å²) in [5.74, 6) is -0.222. The molecule has 6 atom stereocenters. The summed E-state index contributed by atoms with van der Waals surface area (Å²) in [5.41, 5.74) is 3.38. The SMILES string of the molecule is C=CCO[C@H]1/C=C\C[C@H](C)CS(=O)(NC(=O)c2cn(C)nc2OC)=NC(=O)c2ccc3c(c2)N(C[C@@H]2CC[C@H]21)C[C@@]1(CCCc2cc(Cl)ccc21)CO3. The van der Waals surface area contributed by atoms with E-state index in [2.05, 4.69) is 49.9 Å². The van der Waals surface area contributed by atoms with Gasteiger partial charge in [0.1, 0.15) is 21.2 Å². The van der Waals surface area contributed by atoms with E-state index in [1.54, 1.807) is 19.2 Å². The van der Waals surface area contributed by atoms with Crippen LogP contribution in [0.5, 0.6) is 11.6 Å². The van der Waals surface area contributed by atoms with Crippen molar-refractivity contribution in [3.63, 3.8) is 0 Å². The Hall–Kier alpha value is -4.13. The summed E-state index contributed by atoms with van der Waals surface area (Å²) in [4.78, 5) is 30.0. The van der Waals surface area contributed by atoms with Crippen LogP contribution in [0.3, 0.4) is 0 Å². The number of hydrogen-bond donors (Lipinski definition) is 1. The Kier molecular flexibility index (Phi) is 10.7. The predicted octanol–water partition coefficient (Wildman–Crippen LogP) is 6.70. The zero-order valence-electron chi connectivity index (χ0n) is 30.6. The third-order valence-electron chi connectivity index (χ3n) is 11.1. The van der Waals surface area contributed by atoms with E-state index in [1.807, 2.05) is 25.1 Å². The van der Waals surface area contributed by atoms with Crippen LogP contribution in [0.2, 0.25) is 5.02 Å². The Bertz CT molecular complexity index is 2060. The lowest BCUT2D eigenvalue weighted by molar-refractivity contribution is -0.00223. The monoisotopic (exact) mass is 761 g/mol. The highest BCUT2D eigenvalue weighted by Gasteiger charge is 2.44. The summed E-state index contributed by atoms with van der Waals surface area (Å²) in [6, 6.07) is 11.5. The van der Waals surface area contributed by atoms with Gasteiger partial charge in [0.25, 0.3) is 11.8 Å². The van der Waals surface area contributed by atoms with E-state index in [9.17, 15) is 13.8 Å². The zero-order valence-corrected chi connectivity index (χ0v) is 32.2. The van der Waals surface area contributed by atoms with Gasteiger partial charge in [0.2, 0.25) is 5.88 Å². The van der Waals surface area contributed by atoms with E-state index >= 15 is 0 Å². The highest BCUT2D eigenvalue weighted by molar-refractivity contribution is 7.92. The van der Waals surface area contributed by atoms with Gasteiger partial charge in [-0.25, -0.2) is 4.21 Å². The van der Waals surface area contributed by atoms with Crippen molar-refractivity contribution >= 4 is 39.0 Å². The first-order valence-corrected chi connectivity index (χ1v) is 20.4. The van der Waals surface area contributed by atoms with Crippen molar-refractivity contribution in [2.45, 2.75) is 57.0 Å². The molecule has 1 N–H and O–H groups in total. The summed E-state index contributed by atoms with van der Waals surface area (Å²) in [7, 11) is -0.557. The van der Waals surface area contributed by atoms with Crippen molar-refractivity contribution in [2.75, 3.05) is 44.1 Å². The molecule has 0 radical (unpaired) electrons. The van der Waals surface area contributed by atoms with Crippen molar-refractivity contribution in [2.24, 2.45) is 29.2 Å². The Morgan fingerprint density at radius 3 is 2.87 bits per heavy atom. The molecule has 2 amide bonds. The molecule has 2 aromatic carbocycles. The minimum Gasteiger partial charge on any atom is -0.490 e. The van der Waals surface area contributed by atoms with Gasteiger partial charge in [0.05, 0.1) is 37.9 Å². The molecule has 1 unspecified atom stereocenters. The number of aromatic nitrogens is 2. The number of methoxy groups -OCH3 is 1. The molecule has 53 heavy (non-hydrogen) atoms. The second-order valence-electron chi connectivity index (χ2n) is 15.0. The number of amides is 2.